The average Bonchev–Trinajstić information content (AvgIpc) is 3.49. The maximum Gasteiger partial charge on any atom is 0.311 e. The van der Waals surface area contributed by atoms with Crippen LogP contribution in [0.1, 0.15) is 26.7 Å². The van der Waals surface area contributed by atoms with Gasteiger partial charge in [-0.1, -0.05) is 56.3 Å². The minimum atomic E-state index is -0.863. The van der Waals surface area contributed by atoms with E-state index in [9.17, 15) is 19.5 Å². The van der Waals surface area contributed by atoms with E-state index in [1.165, 1.54) is 6.08 Å². The van der Waals surface area contributed by atoms with Gasteiger partial charge in [-0.3, -0.25) is 14.4 Å². The van der Waals surface area contributed by atoms with E-state index in [1.54, 1.807) is 51.9 Å². The number of esters is 1. The van der Waals surface area contributed by atoms with Gasteiger partial charge in [-0.05, 0) is 30.9 Å². The van der Waals surface area contributed by atoms with Gasteiger partial charge in [0.15, 0.2) is 0 Å². The quantitative estimate of drug-likeness (QED) is 0.365. The SMILES string of the molecule is C=CCOC(=O)[C@@H]1[C@H]2C(=O)N([C@@H](CO)C(C)C)C(C(=O)N(CC=C)c3ccccc3Cl)C23CC[C@H]1S3. The van der Waals surface area contributed by atoms with Gasteiger partial charge in [0.2, 0.25) is 5.91 Å². The van der Waals surface area contributed by atoms with Crippen LogP contribution in [0.5, 0.6) is 0 Å². The molecular weight excluding hydrogens is 500 g/mol. The number of fused-ring (bicyclic) bond motifs is 1. The van der Waals surface area contributed by atoms with Crippen molar-refractivity contribution in [1.82, 2.24) is 4.90 Å². The average molecular weight is 533 g/mol. The summed E-state index contributed by atoms with van der Waals surface area (Å²) in [6.45, 7) is 11.2. The number of anilines is 1. The fourth-order valence-electron chi connectivity index (χ4n) is 6.11. The minimum absolute atomic E-state index is 0.0670. The van der Waals surface area contributed by atoms with E-state index in [4.69, 9.17) is 16.3 Å². The standard InChI is InChI=1S/C27H33ClN2O5S/c1-5-13-29(18-10-8-7-9-17(18)28)25(33)23-27-12-11-20(36-27)21(26(34)35-14-6-2)22(27)24(32)30(23)19(15-31)16(3)4/h5-10,16,19-23,31H,1-2,11-15H2,3-4H3/t19-,20+,21-,22-,23?,27?/m0/s1. The van der Waals surface area contributed by atoms with E-state index in [-0.39, 0.29) is 42.7 Å². The zero-order valence-corrected chi connectivity index (χ0v) is 22.2. The van der Waals surface area contributed by atoms with Crippen molar-refractivity contribution < 1.29 is 24.2 Å². The van der Waals surface area contributed by atoms with Crippen molar-refractivity contribution in [2.75, 3.05) is 24.7 Å². The van der Waals surface area contributed by atoms with Crippen LogP contribution in [0.15, 0.2) is 49.6 Å². The number of carbonyl (C=O) groups is 3. The Labute approximate surface area is 221 Å². The molecular formula is C27H33ClN2O5S. The molecule has 9 heteroatoms. The summed E-state index contributed by atoms with van der Waals surface area (Å²) in [6, 6.07) is 5.63. The molecule has 0 aliphatic carbocycles. The van der Waals surface area contributed by atoms with Gasteiger partial charge in [-0.2, -0.15) is 0 Å². The van der Waals surface area contributed by atoms with Crippen molar-refractivity contribution in [2.24, 2.45) is 17.8 Å². The highest BCUT2D eigenvalue weighted by Gasteiger charge is 2.75. The van der Waals surface area contributed by atoms with Gasteiger partial charge < -0.3 is 19.6 Å². The van der Waals surface area contributed by atoms with Crippen LogP contribution >= 0.6 is 23.4 Å². The highest BCUT2D eigenvalue weighted by molar-refractivity contribution is 8.02. The van der Waals surface area contributed by atoms with Gasteiger partial charge in [-0.25, -0.2) is 0 Å². The first-order valence-corrected chi connectivity index (χ1v) is 13.5. The van der Waals surface area contributed by atoms with Gasteiger partial charge in [0.25, 0.3) is 5.91 Å². The lowest BCUT2D eigenvalue weighted by Crippen LogP contribution is -2.58. The van der Waals surface area contributed by atoms with Crippen LogP contribution in [-0.2, 0) is 19.1 Å². The number of carbonyl (C=O) groups excluding carboxylic acids is 3. The summed E-state index contributed by atoms with van der Waals surface area (Å²) in [6.07, 6.45) is 4.45. The van der Waals surface area contributed by atoms with Gasteiger partial charge in [0.05, 0.1) is 39.9 Å². The number of rotatable bonds is 10. The molecule has 1 aromatic rings. The van der Waals surface area contributed by atoms with Crippen LogP contribution in [-0.4, -0.2) is 69.6 Å². The van der Waals surface area contributed by atoms with Gasteiger partial charge in [0.1, 0.15) is 12.6 Å². The number of likely N-dealkylation sites (tertiary alicyclic amines) is 1. The molecule has 4 rings (SSSR count). The number of ether oxygens (including phenoxy) is 1. The number of benzene rings is 1. The summed E-state index contributed by atoms with van der Waals surface area (Å²) in [7, 11) is 0. The van der Waals surface area contributed by atoms with Crippen molar-refractivity contribution in [2.45, 2.75) is 48.8 Å². The first-order chi connectivity index (χ1) is 17.2. The van der Waals surface area contributed by atoms with E-state index in [0.717, 1.165) is 0 Å². The fraction of sp³-hybridized carbons (Fsp3) is 0.519. The number of aliphatic hydroxyl groups is 1. The molecule has 3 aliphatic rings. The smallest absolute Gasteiger partial charge is 0.311 e. The summed E-state index contributed by atoms with van der Waals surface area (Å²) in [4.78, 5) is 44.8. The monoisotopic (exact) mass is 532 g/mol. The van der Waals surface area contributed by atoms with Crippen molar-refractivity contribution in [3.05, 3.63) is 54.6 Å². The molecule has 2 amide bonds. The van der Waals surface area contributed by atoms with Crippen molar-refractivity contribution in [1.29, 1.82) is 0 Å². The third kappa shape index (κ3) is 4.17. The molecule has 6 atom stereocenters. The molecule has 1 spiro atoms. The lowest BCUT2D eigenvalue weighted by molar-refractivity contribution is -0.153. The molecule has 0 saturated carbocycles. The van der Waals surface area contributed by atoms with Gasteiger partial charge in [-0.15, -0.1) is 18.3 Å². The van der Waals surface area contributed by atoms with Crippen LogP contribution in [0.3, 0.4) is 0 Å². The van der Waals surface area contributed by atoms with E-state index in [0.29, 0.717) is 23.6 Å². The molecule has 3 aliphatic heterocycles. The Balaban J connectivity index is 1.83. The Morgan fingerprint density at radius 1 is 1.33 bits per heavy atom. The summed E-state index contributed by atoms with van der Waals surface area (Å²) in [5.74, 6) is -2.43. The molecule has 2 unspecified atom stereocenters. The molecule has 1 N–H and O–H groups in total. The van der Waals surface area contributed by atoms with Crippen LogP contribution in [0.4, 0.5) is 5.69 Å². The Morgan fingerprint density at radius 3 is 2.67 bits per heavy atom. The second-order valence-corrected chi connectivity index (χ2v) is 11.9. The summed E-state index contributed by atoms with van der Waals surface area (Å²) in [5, 5.41) is 10.6. The van der Waals surface area contributed by atoms with Gasteiger partial charge >= 0.3 is 5.97 Å². The Kier molecular flexibility index (Phi) is 7.88. The van der Waals surface area contributed by atoms with E-state index in [1.807, 2.05) is 13.8 Å². The third-order valence-corrected chi connectivity index (χ3v) is 9.89. The minimum Gasteiger partial charge on any atom is -0.461 e. The largest absolute Gasteiger partial charge is 0.461 e. The van der Waals surface area contributed by atoms with Crippen LogP contribution in [0, 0.1) is 17.8 Å². The number of aliphatic hydroxyl groups excluding tert-OH is 1. The van der Waals surface area contributed by atoms with Crippen LogP contribution in [0.25, 0.3) is 0 Å². The second kappa shape index (κ2) is 10.6. The third-order valence-electron chi connectivity index (χ3n) is 7.62. The number of para-hydroxylation sites is 1. The van der Waals surface area contributed by atoms with Gasteiger partial charge in [0, 0.05) is 11.8 Å². The predicted octanol–water partition coefficient (Wildman–Crippen LogP) is 3.70. The Bertz CT molecular complexity index is 1060. The number of halogens is 1. The molecule has 3 fully saturated rings. The highest BCUT2D eigenvalue weighted by atomic mass is 35.5. The highest BCUT2D eigenvalue weighted by Crippen LogP contribution is 2.67. The zero-order chi connectivity index (χ0) is 26.2. The lowest BCUT2D eigenvalue weighted by atomic mass is 9.71. The lowest BCUT2D eigenvalue weighted by Gasteiger charge is -2.40. The molecule has 7 nitrogen and oxygen atoms in total. The number of thioether (sulfide) groups is 1. The topological polar surface area (TPSA) is 87.1 Å². The molecule has 3 heterocycles. The maximum atomic E-state index is 14.5. The summed E-state index contributed by atoms with van der Waals surface area (Å²) in [5.41, 5.74) is 0.529. The molecule has 0 radical (unpaired) electrons. The molecule has 2 bridgehead atoms. The normalized spacial score (nSPS) is 29.2. The molecule has 194 valence electrons. The summed E-state index contributed by atoms with van der Waals surface area (Å²) >= 11 is 8.05. The van der Waals surface area contributed by atoms with Crippen molar-refractivity contribution in [3.8, 4) is 0 Å². The molecule has 1 aromatic carbocycles. The summed E-state index contributed by atoms with van der Waals surface area (Å²) < 4.78 is 4.61. The fourth-order valence-corrected chi connectivity index (χ4v) is 8.53. The number of nitrogens with zero attached hydrogens (tertiary/aromatic N) is 2. The first-order valence-electron chi connectivity index (χ1n) is 12.3. The number of amides is 2. The van der Waals surface area contributed by atoms with Crippen molar-refractivity contribution >= 4 is 46.8 Å². The van der Waals surface area contributed by atoms with Crippen LogP contribution < -0.4 is 4.90 Å². The Morgan fingerprint density at radius 2 is 2.06 bits per heavy atom. The molecule has 36 heavy (non-hydrogen) atoms. The van der Waals surface area contributed by atoms with E-state index >= 15 is 0 Å². The number of hydrogen-bond acceptors (Lipinski definition) is 6. The number of hydrogen-bond donors (Lipinski definition) is 1. The molecule has 3 saturated heterocycles. The Hall–Kier alpha value is -2.29. The van der Waals surface area contributed by atoms with Crippen molar-refractivity contribution in [3.63, 3.8) is 0 Å². The van der Waals surface area contributed by atoms with Crippen LogP contribution in [0.2, 0.25) is 5.02 Å². The molecule has 0 aromatic heterocycles. The first kappa shape index (κ1) is 26.8. The maximum absolute atomic E-state index is 14.5. The second-order valence-electron chi connectivity index (χ2n) is 9.90. The predicted molar refractivity (Wildman–Crippen MR) is 142 cm³/mol. The van der Waals surface area contributed by atoms with E-state index < -0.39 is 34.6 Å². The zero-order valence-electron chi connectivity index (χ0n) is 20.6. The van der Waals surface area contributed by atoms with E-state index in [2.05, 4.69) is 13.2 Å².